The number of fused-ring (bicyclic) bond motifs is 1. The summed E-state index contributed by atoms with van der Waals surface area (Å²) in [5.74, 6) is -0.155. The molecule has 0 atom stereocenters. The topological polar surface area (TPSA) is 79.4 Å². The van der Waals surface area contributed by atoms with E-state index in [9.17, 15) is 13.2 Å². The molecule has 2 heterocycles. The maximum absolute atomic E-state index is 12.2. The van der Waals surface area contributed by atoms with Gasteiger partial charge in [0.25, 0.3) is 0 Å². The van der Waals surface area contributed by atoms with E-state index in [-0.39, 0.29) is 11.8 Å². The van der Waals surface area contributed by atoms with Gasteiger partial charge in [-0.3, -0.25) is 4.79 Å². The van der Waals surface area contributed by atoms with E-state index in [4.69, 9.17) is 0 Å². The molecule has 1 aromatic rings. The first kappa shape index (κ1) is 14.9. The van der Waals surface area contributed by atoms with Gasteiger partial charge >= 0.3 is 0 Å². The maximum atomic E-state index is 12.2. The third kappa shape index (κ3) is 3.27. The number of amides is 1. The summed E-state index contributed by atoms with van der Waals surface area (Å²) in [6, 6.07) is 0. The van der Waals surface area contributed by atoms with Gasteiger partial charge in [-0.05, 0) is 32.1 Å². The zero-order chi connectivity index (χ0) is 15.0. The second-order valence-corrected chi connectivity index (χ2v) is 8.73. The van der Waals surface area contributed by atoms with Crippen LogP contribution < -0.4 is 5.32 Å². The molecule has 0 radical (unpaired) electrons. The Balaban J connectivity index is 1.57. The van der Waals surface area contributed by atoms with Gasteiger partial charge in [0, 0.05) is 23.9 Å². The third-order valence-electron chi connectivity index (χ3n) is 4.12. The van der Waals surface area contributed by atoms with Gasteiger partial charge in [-0.1, -0.05) is 0 Å². The average molecular weight is 329 g/mol. The maximum Gasteiger partial charge on any atom is 0.229 e. The zero-order valence-electron chi connectivity index (χ0n) is 12.0. The summed E-state index contributed by atoms with van der Waals surface area (Å²) in [4.78, 5) is 18.0. The smallest absolute Gasteiger partial charge is 0.229 e. The van der Waals surface area contributed by atoms with Crippen molar-refractivity contribution in [3.05, 3.63) is 10.6 Å². The van der Waals surface area contributed by atoms with Crippen LogP contribution in [0.4, 0.5) is 5.13 Å². The minimum absolute atomic E-state index is 0.0319. The van der Waals surface area contributed by atoms with E-state index in [0.29, 0.717) is 31.1 Å². The second kappa shape index (κ2) is 5.66. The first-order valence-corrected chi connectivity index (χ1v) is 9.84. The van der Waals surface area contributed by atoms with Crippen LogP contribution >= 0.6 is 11.3 Å². The molecule has 1 saturated heterocycles. The molecule has 8 heteroatoms. The van der Waals surface area contributed by atoms with Crippen molar-refractivity contribution in [1.29, 1.82) is 0 Å². The summed E-state index contributed by atoms with van der Waals surface area (Å²) in [5.41, 5.74) is 1.13. The first-order chi connectivity index (χ1) is 9.93. The Labute approximate surface area is 128 Å². The molecule has 1 amide bonds. The number of anilines is 1. The molecule has 21 heavy (non-hydrogen) atoms. The Morgan fingerprint density at radius 1 is 1.33 bits per heavy atom. The molecule has 0 aromatic carbocycles. The highest BCUT2D eigenvalue weighted by Gasteiger charge is 2.29. The molecule has 1 N–H and O–H groups in total. The Hall–Kier alpha value is -0.990. The van der Waals surface area contributed by atoms with Crippen LogP contribution in [-0.4, -0.2) is 43.0 Å². The largest absolute Gasteiger partial charge is 0.302 e. The minimum Gasteiger partial charge on any atom is -0.302 e. The van der Waals surface area contributed by atoms with Crippen LogP contribution in [0.3, 0.4) is 0 Å². The van der Waals surface area contributed by atoms with Crippen molar-refractivity contribution in [2.75, 3.05) is 24.7 Å². The van der Waals surface area contributed by atoms with Crippen molar-refractivity contribution >= 4 is 32.4 Å². The minimum atomic E-state index is -3.14. The van der Waals surface area contributed by atoms with E-state index in [1.807, 2.05) is 0 Å². The van der Waals surface area contributed by atoms with Crippen molar-refractivity contribution in [2.24, 2.45) is 5.92 Å². The van der Waals surface area contributed by atoms with E-state index in [1.54, 1.807) is 11.3 Å². The average Bonchev–Trinajstić information content (AvgIpc) is 2.98. The number of rotatable bonds is 3. The molecule has 0 saturated carbocycles. The number of thiazole rings is 1. The summed E-state index contributed by atoms with van der Waals surface area (Å²) in [6.45, 7) is 0.844. The lowest BCUT2D eigenvalue weighted by Crippen LogP contribution is -2.40. The molecule has 1 fully saturated rings. The lowest BCUT2D eigenvalue weighted by molar-refractivity contribution is -0.120. The molecular weight excluding hydrogens is 310 g/mol. The Morgan fingerprint density at radius 2 is 2.05 bits per heavy atom. The summed E-state index contributed by atoms with van der Waals surface area (Å²) in [7, 11) is -3.14. The van der Waals surface area contributed by atoms with E-state index in [1.165, 1.54) is 15.4 Å². The van der Waals surface area contributed by atoms with E-state index < -0.39 is 10.0 Å². The van der Waals surface area contributed by atoms with Crippen LogP contribution in [0.1, 0.15) is 29.8 Å². The quantitative estimate of drug-likeness (QED) is 0.905. The summed E-state index contributed by atoms with van der Waals surface area (Å²) >= 11 is 1.57. The van der Waals surface area contributed by atoms with Crippen LogP contribution in [0.25, 0.3) is 0 Å². The normalized spacial score (nSPS) is 20.4. The van der Waals surface area contributed by atoms with E-state index >= 15 is 0 Å². The third-order valence-corrected chi connectivity index (χ3v) is 6.50. The number of aryl methyl sites for hydroxylation is 2. The number of nitrogens with one attached hydrogen (secondary N) is 1. The van der Waals surface area contributed by atoms with Crippen LogP contribution in [0, 0.1) is 5.92 Å². The molecule has 1 aromatic heterocycles. The highest BCUT2D eigenvalue weighted by Crippen LogP contribution is 2.31. The van der Waals surface area contributed by atoms with Crippen LogP contribution in [0.5, 0.6) is 0 Å². The number of sulfonamides is 1. The molecule has 0 unspecified atom stereocenters. The van der Waals surface area contributed by atoms with Crippen molar-refractivity contribution < 1.29 is 13.2 Å². The predicted octanol–water partition coefficient (Wildman–Crippen LogP) is 1.24. The number of hydrogen-bond donors (Lipinski definition) is 1. The molecule has 116 valence electrons. The van der Waals surface area contributed by atoms with Crippen molar-refractivity contribution in [3.8, 4) is 0 Å². The number of nitrogens with zero attached hydrogens (tertiary/aromatic N) is 2. The standard InChI is InChI=1S/C13H19N3O3S2/c1-21(18,19)16-7-5-9(6-8-16)12(17)15-13-14-10-3-2-4-11(10)20-13/h9H,2-8H2,1H3,(H,14,15,17). The van der Waals surface area contributed by atoms with E-state index in [0.717, 1.165) is 25.0 Å². The van der Waals surface area contributed by atoms with Gasteiger partial charge in [0.05, 0.1) is 11.9 Å². The Morgan fingerprint density at radius 3 is 2.67 bits per heavy atom. The van der Waals surface area contributed by atoms with Crippen LogP contribution in [0.2, 0.25) is 0 Å². The Kier molecular flexibility index (Phi) is 4.02. The molecule has 1 aliphatic heterocycles. The van der Waals surface area contributed by atoms with Crippen molar-refractivity contribution in [2.45, 2.75) is 32.1 Å². The second-order valence-electron chi connectivity index (χ2n) is 5.67. The molecule has 1 aliphatic carbocycles. The molecule has 2 aliphatic rings. The molecular formula is C13H19N3O3S2. The summed E-state index contributed by atoms with van der Waals surface area (Å²) in [5, 5.41) is 3.59. The number of aromatic nitrogens is 1. The number of piperidine rings is 1. The van der Waals surface area contributed by atoms with Gasteiger partial charge in [-0.2, -0.15) is 0 Å². The molecule has 0 bridgehead atoms. The van der Waals surface area contributed by atoms with Crippen LogP contribution in [-0.2, 0) is 27.7 Å². The molecule has 0 spiro atoms. The van der Waals surface area contributed by atoms with Gasteiger partial charge < -0.3 is 5.32 Å². The molecule has 3 rings (SSSR count). The van der Waals surface area contributed by atoms with Gasteiger partial charge in [-0.15, -0.1) is 11.3 Å². The van der Waals surface area contributed by atoms with Crippen LogP contribution in [0.15, 0.2) is 0 Å². The Bertz CT molecular complexity index is 624. The number of carbonyl (C=O) groups is 1. The zero-order valence-corrected chi connectivity index (χ0v) is 13.6. The van der Waals surface area contributed by atoms with Gasteiger partial charge in [0.2, 0.25) is 15.9 Å². The van der Waals surface area contributed by atoms with Gasteiger partial charge in [0.15, 0.2) is 5.13 Å². The van der Waals surface area contributed by atoms with Gasteiger partial charge in [-0.25, -0.2) is 17.7 Å². The number of hydrogen-bond acceptors (Lipinski definition) is 5. The van der Waals surface area contributed by atoms with E-state index in [2.05, 4.69) is 10.3 Å². The number of carbonyl (C=O) groups excluding carboxylic acids is 1. The molecule has 6 nitrogen and oxygen atoms in total. The lowest BCUT2D eigenvalue weighted by atomic mass is 9.97. The van der Waals surface area contributed by atoms with Crippen molar-refractivity contribution in [3.63, 3.8) is 0 Å². The fourth-order valence-corrected chi connectivity index (χ4v) is 4.83. The highest BCUT2D eigenvalue weighted by molar-refractivity contribution is 7.88. The first-order valence-electron chi connectivity index (χ1n) is 7.18. The fraction of sp³-hybridized carbons (Fsp3) is 0.692. The van der Waals surface area contributed by atoms with Gasteiger partial charge in [0.1, 0.15) is 0 Å². The van der Waals surface area contributed by atoms with Crippen molar-refractivity contribution in [1.82, 2.24) is 9.29 Å². The lowest BCUT2D eigenvalue weighted by Gasteiger charge is -2.29. The monoisotopic (exact) mass is 329 g/mol. The summed E-state index contributed by atoms with van der Waals surface area (Å²) in [6.07, 6.45) is 5.59. The fourth-order valence-electron chi connectivity index (χ4n) is 2.90. The highest BCUT2D eigenvalue weighted by atomic mass is 32.2. The predicted molar refractivity (Wildman–Crippen MR) is 81.9 cm³/mol. The SMILES string of the molecule is CS(=O)(=O)N1CCC(C(=O)Nc2nc3c(s2)CCC3)CC1. The summed E-state index contributed by atoms with van der Waals surface area (Å²) < 4.78 is 24.3.